The van der Waals surface area contributed by atoms with Gasteiger partial charge in [0, 0.05) is 6.04 Å². The van der Waals surface area contributed by atoms with Gasteiger partial charge in [0.2, 0.25) is 0 Å². The summed E-state index contributed by atoms with van der Waals surface area (Å²) in [5.41, 5.74) is 2.44. The molecule has 0 aliphatic heterocycles. The lowest BCUT2D eigenvalue weighted by molar-refractivity contribution is 0.0600. The Morgan fingerprint density at radius 1 is 1.30 bits per heavy atom. The zero-order valence-corrected chi connectivity index (χ0v) is 13.4. The fourth-order valence-electron chi connectivity index (χ4n) is 4.21. The van der Waals surface area contributed by atoms with E-state index >= 15 is 0 Å². The zero-order valence-electron chi connectivity index (χ0n) is 13.4. The Morgan fingerprint density at radius 3 is 2.83 bits per heavy atom. The summed E-state index contributed by atoms with van der Waals surface area (Å²) in [6.45, 7) is 0. The highest BCUT2D eigenvalue weighted by atomic mass is 16.5. The second kappa shape index (κ2) is 5.55. The molecule has 23 heavy (non-hydrogen) atoms. The number of aromatic nitrogens is 1. The van der Waals surface area contributed by atoms with Crippen molar-refractivity contribution in [1.82, 2.24) is 4.98 Å². The van der Waals surface area contributed by atoms with Crippen LogP contribution in [0.15, 0.2) is 22.6 Å². The van der Waals surface area contributed by atoms with Gasteiger partial charge >= 0.3 is 5.97 Å². The lowest BCUT2D eigenvalue weighted by Gasteiger charge is -2.50. The number of esters is 1. The van der Waals surface area contributed by atoms with Crippen LogP contribution in [0.4, 0.5) is 6.01 Å². The predicted octanol–water partition coefficient (Wildman–Crippen LogP) is 4.14. The molecule has 0 saturated heterocycles. The van der Waals surface area contributed by atoms with Crippen LogP contribution in [0.25, 0.3) is 11.1 Å². The smallest absolute Gasteiger partial charge is 0.337 e. The van der Waals surface area contributed by atoms with Gasteiger partial charge in [0.15, 0.2) is 5.58 Å². The summed E-state index contributed by atoms with van der Waals surface area (Å²) in [6.07, 6.45) is 9.35. The van der Waals surface area contributed by atoms with E-state index in [-0.39, 0.29) is 5.97 Å². The molecule has 2 aromatic rings. The second-order valence-corrected chi connectivity index (χ2v) is 7.00. The van der Waals surface area contributed by atoms with Crippen LogP contribution >= 0.6 is 0 Å². The van der Waals surface area contributed by atoms with Crippen LogP contribution in [0.5, 0.6) is 0 Å². The van der Waals surface area contributed by atoms with Crippen molar-refractivity contribution < 1.29 is 13.9 Å². The molecule has 122 valence electrons. The molecule has 1 spiro atoms. The van der Waals surface area contributed by atoms with Crippen molar-refractivity contribution in [2.45, 2.75) is 51.0 Å². The number of hydrogen-bond acceptors (Lipinski definition) is 5. The number of methoxy groups -OCH3 is 1. The van der Waals surface area contributed by atoms with E-state index in [1.165, 1.54) is 52.1 Å². The Kier molecular flexibility index (Phi) is 3.51. The summed E-state index contributed by atoms with van der Waals surface area (Å²) < 4.78 is 10.5. The third-order valence-corrected chi connectivity index (χ3v) is 5.41. The monoisotopic (exact) mass is 314 g/mol. The molecule has 0 atom stereocenters. The molecule has 2 aliphatic carbocycles. The normalized spacial score (nSPS) is 20.4. The molecule has 5 nitrogen and oxygen atoms in total. The van der Waals surface area contributed by atoms with Gasteiger partial charge in [0.1, 0.15) is 5.52 Å². The van der Waals surface area contributed by atoms with Crippen molar-refractivity contribution in [2.75, 3.05) is 12.4 Å². The van der Waals surface area contributed by atoms with E-state index in [2.05, 4.69) is 10.3 Å². The van der Waals surface area contributed by atoms with E-state index < -0.39 is 0 Å². The van der Waals surface area contributed by atoms with Gasteiger partial charge in [0.05, 0.1) is 12.7 Å². The first-order chi connectivity index (χ1) is 11.2. The Morgan fingerprint density at radius 2 is 2.09 bits per heavy atom. The molecule has 0 amide bonds. The fraction of sp³-hybridized carbons (Fsp3) is 0.556. The number of hydrogen-bond donors (Lipinski definition) is 1. The largest absolute Gasteiger partial charge is 0.465 e. The van der Waals surface area contributed by atoms with E-state index in [0.29, 0.717) is 34.1 Å². The summed E-state index contributed by atoms with van der Waals surface area (Å²) >= 11 is 0. The van der Waals surface area contributed by atoms with Gasteiger partial charge in [-0.05, 0) is 49.3 Å². The van der Waals surface area contributed by atoms with Gasteiger partial charge in [-0.2, -0.15) is 4.98 Å². The van der Waals surface area contributed by atoms with Crippen LogP contribution in [-0.2, 0) is 4.74 Å². The molecule has 0 bridgehead atoms. The second-order valence-electron chi connectivity index (χ2n) is 7.00. The molecular weight excluding hydrogens is 292 g/mol. The van der Waals surface area contributed by atoms with Crippen LogP contribution < -0.4 is 5.32 Å². The van der Waals surface area contributed by atoms with Crippen molar-refractivity contribution >= 4 is 23.1 Å². The quantitative estimate of drug-likeness (QED) is 0.863. The number of nitrogens with one attached hydrogen (secondary N) is 1. The predicted molar refractivity (Wildman–Crippen MR) is 87.5 cm³/mol. The van der Waals surface area contributed by atoms with Crippen molar-refractivity contribution in [1.29, 1.82) is 0 Å². The highest BCUT2D eigenvalue weighted by Gasteiger charge is 2.44. The van der Waals surface area contributed by atoms with Crippen molar-refractivity contribution in [3.63, 3.8) is 0 Å². The minimum atomic E-state index is -0.359. The Bertz CT molecular complexity index is 723. The average Bonchev–Trinajstić information content (AvgIpc) is 2.95. The van der Waals surface area contributed by atoms with Gasteiger partial charge in [-0.3, -0.25) is 0 Å². The van der Waals surface area contributed by atoms with Gasteiger partial charge < -0.3 is 14.5 Å². The minimum absolute atomic E-state index is 0.359. The molecule has 1 aromatic heterocycles. The first kappa shape index (κ1) is 14.5. The Balaban J connectivity index is 1.44. The minimum Gasteiger partial charge on any atom is -0.465 e. The summed E-state index contributed by atoms with van der Waals surface area (Å²) in [5, 5.41) is 3.41. The van der Waals surface area contributed by atoms with Gasteiger partial charge in [-0.15, -0.1) is 0 Å². The maximum atomic E-state index is 11.6. The maximum absolute atomic E-state index is 11.6. The first-order valence-electron chi connectivity index (χ1n) is 8.43. The SMILES string of the molecule is COC(=O)c1ccc2oc(NC3CC4(CCCCC4)C3)nc2c1. The zero-order chi connectivity index (χ0) is 15.9. The standard InChI is InChI=1S/C18H22N2O3/c1-22-16(21)12-5-6-15-14(9-12)20-17(23-15)19-13-10-18(11-13)7-3-2-4-8-18/h5-6,9,13H,2-4,7-8,10-11H2,1H3,(H,19,20). The van der Waals surface area contributed by atoms with Crippen molar-refractivity contribution in [2.24, 2.45) is 5.41 Å². The summed E-state index contributed by atoms with van der Waals surface area (Å²) in [7, 11) is 1.38. The Labute approximate surface area is 135 Å². The van der Waals surface area contributed by atoms with Crippen LogP contribution in [0, 0.1) is 5.41 Å². The molecule has 1 heterocycles. The number of carbonyl (C=O) groups is 1. The molecular formula is C18H22N2O3. The number of rotatable bonds is 3. The molecule has 2 aliphatic rings. The highest BCUT2D eigenvalue weighted by Crippen LogP contribution is 2.52. The number of fused-ring (bicyclic) bond motifs is 1. The number of anilines is 1. The van der Waals surface area contributed by atoms with Crippen LogP contribution in [-0.4, -0.2) is 24.1 Å². The highest BCUT2D eigenvalue weighted by molar-refractivity contribution is 5.93. The van der Waals surface area contributed by atoms with Crippen molar-refractivity contribution in [3.05, 3.63) is 23.8 Å². The molecule has 1 aromatic carbocycles. The van der Waals surface area contributed by atoms with Crippen LogP contribution in [0.3, 0.4) is 0 Å². The number of oxazole rings is 1. The number of benzene rings is 1. The lowest BCUT2D eigenvalue weighted by Crippen LogP contribution is -2.46. The first-order valence-corrected chi connectivity index (χ1v) is 8.43. The van der Waals surface area contributed by atoms with E-state index in [0.717, 1.165) is 0 Å². The maximum Gasteiger partial charge on any atom is 0.337 e. The molecule has 1 N–H and O–H groups in total. The van der Waals surface area contributed by atoms with Gasteiger partial charge in [0.25, 0.3) is 6.01 Å². The summed E-state index contributed by atoms with van der Waals surface area (Å²) in [6, 6.07) is 6.19. The number of carbonyl (C=O) groups excluding carboxylic acids is 1. The third-order valence-electron chi connectivity index (χ3n) is 5.41. The van der Waals surface area contributed by atoms with Crippen LogP contribution in [0.2, 0.25) is 0 Å². The third kappa shape index (κ3) is 2.69. The lowest BCUT2D eigenvalue weighted by atomic mass is 9.58. The van der Waals surface area contributed by atoms with E-state index in [9.17, 15) is 4.79 Å². The summed E-state index contributed by atoms with van der Waals surface area (Å²) in [4.78, 5) is 16.0. The topological polar surface area (TPSA) is 64.4 Å². The van der Waals surface area contributed by atoms with Crippen molar-refractivity contribution in [3.8, 4) is 0 Å². The summed E-state index contributed by atoms with van der Waals surface area (Å²) in [5.74, 6) is -0.359. The van der Waals surface area contributed by atoms with E-state index in [4.69, 9.17) is 9.15 Å². The average molecular weight is 314 g/mol. The fourth-order valence-corrected chi connectivity index (χ4v) is 4.21. The van der Waals surface area contributed by atoms with Gasteiger partial charge in [-0.1, -0.05) is 19.3 Å². The molecule has 5 heteroatoms. The number of ether oxygens (including phenoxy) is 1. The molecule has 2 fully saturated rings. The molecule has 0 radical (unpaired) electrons. The van der Waals surface area contributed by atoms with E-state index in [1.54, 1.807) is 18.2 Å². The van der Waals surface area contributed by atoms with E-state index in [1.807, 2.05) is 0 Å². The number of nitrogens with zero attached hydrogens (tertiary/aromatic N) is 1. The van der Waals surface area contributed by atoms with Crippen LogP contribution in [0.1, 0.15) is 55.3 Å². The molecule has 4 rings (SSSR count). The van der Waals surface area contributed by atoms with Gasteiger partial charge in [-0.25, -0.2) is 4.79 Å². The molecule has 2 saturated carbocycles. The molecule has 0 unspecified atom stereocenters. The Hall–Kier alpha value is -2.04.